The molecule has 14 heteroatoms. The molecule has 0 saturated heterocycles. The van der Waals surface area contributed by atoms with E-state index < -0.39 is 83.5 Å². The summed E-state index contributed by atoms with van der Waals surface area (Å²) in [6.45, 7) is 14.6. The molecule has 0 rings (SSSR count). The highest BCUT2D eigenvalue weighted by Gasteiger charge is 2.36. The summed E-state index contributed by atoms with van der Waals surface area (Å²) < 4.78 is 30.3. The van der Waals surface area contributed by atoms with Gasteiger partial charge >= 0.3 is 35.8 Å². The van der Waals surface area contributed by atoms with Gasteiger partial charge in [-0.25, -0.2) is 0 Å². The quantitative estimate of drug-likeness (QED) is 0.0736. The first kappa shape index (κ1) is 44.2. The predicted molar refractivity (Wildman–Crippen MR) is 170 cm³/mol. The highest BCUT2D eigenvalue weighted by molar-refractivity contribution is 6.02. The van der Waals surface area contributed by atoms with Crippen LogP contribution < -0.4 is 0 Å². The van der Waals surface area contributed by atoms with E-state index in [2.05, 4.69) is 0 Å². The van der Waals surface area contributed by atoms with Gasteiger partial charge in [-0.05, 0) is 25.7 Å². The molecule has 0 fully saturated rings. The van der Waals surface area contributed by atoms with Crippen LogP contribution in [-0.4, -0.2) is 87.0 Å². The Kier molecular flexibility index (Phi) is 19.5. The standard InChI is InChI=1S/C34H54O14/c1-11-21(25(35)33(5,6)7)27(37)43-15-17-45-29(39)23(13-3)31(41)47-19-20-48-32(42)24(14-4)30(40)46-18-16-44-28(38)22(12-2)26(36)34(8,9)10/h21-24H,11-20H2,1-10H3. The lowest BCUT2D eigenvalue weighted by Gasteiger charge is -2.22. The van der Waals surface area contributed by atoms with Crippen LogP contribution >= 0.6 is 0 Å². The van der Waals surface area contributed by atoms with Crippen molar-refractivity contribution in [2.24, 2.45) is 34.5 Å². The van der Waals surface area contributed by atoms with Gasteiger partial charge in [0.2, 0.25) is 0 Å². The Hall–Kier alpha value is -3.84. The summed E-state index contributed by atoms with van der Waals surface area (Å²) in [7, 11) is 0. The molecule has 0 N–H and O–H groups in total. The average molecular weight is 687 g/mol. The molecule has 48 heavy (non-hydrogen) atoms. The topological polar surface area (TPSA) is 192 Å². The number of hydrogen-bond acceptors (Lipinski definition) is 14. The number of hydrogen-bond donors (Lipinski definition) is 0. The van der Waals surface area contributed by atoms with Crippen molar-refractivity contribution >= 4 is 47.4 Å². The maximum absolute atomic E-state index is 12.4. The molecule has 14 nitrogen and oxygen atoms in total. The van der Waals surface area contributed by atoms with Crippen LogP contribution in [0, 0.1) is 34.5 Å². The molecule has 274 valence electrons. The molecule has 0 amide bonds. The van der Waals surface area contributed by atoms with Crippen LogP contribution in [0.3, 0.4) is 0 Å². The lowest BCUT2D eigenvalue weighted by Crippen LogP contribution is -2.35. The van der Waals surface area contributed by atoms with Crippen LogP contribution in [0.15, 0.2) is 0 Å². The number of esters is 6. The third kappa shape index (κ3) is 14.9. The van der Waals surface area contributed by atoms with Gasteiger partial charge in [-0.15, -0.1) is 0 Å². The zero-order valence-electron chi connectivity index (χ0n) is 30.1. The van der Waals surface area contributed by atoms with Crippen molar-refractivity contribution in [2.75, 3.05) is 39.6 Å². The summed E-state index contributed by atoms with van der Waals surface area (Å²) in [6.07, 6.45) is 0.608. The lowest BCUT2D eigenvalue weighted by atomic mass is 9.82. The Balaban J connectivity index is 4.62. The van der Waals surface area contributed by atoms with Crippen LogP contribution in [0.25, 0.3) is 0 Å². The minimum atomic E-state index is -1.28. The van der Waals surface area contributed by atoms with E-state index in [-0.39, 0.29) is 63.7 Å². The van der Waals surface area contributed by atoms with E-state index in [1.165, 1.54) is 0 Å². The summed E-state index contributed by atoms with van der Waals surface area (Å²) in [4.78, 5) is 99.1. The fourth-order valence-corrected chi connectivity index (χ4v) is 4.28. The molecule has 0 aliphatic carbocycles. The highest BCUT2D eigenvalue weighted by Crippen LogP contribution is 2.24. The van der Waals surface area contributed by atoms with Crippen molar-refractivity contribution in [3.8, 4) is 0 Å². The van der Waals surface area contributed by atoms with Crippen molar-refractivity contribution in [3.05, 3.63) is 0 Å². The van der Waals surface area contributed by atoms with Gasteiger partial charge in [-0.1, -0.05) is 69.2 Å². The van der Waals surface area contributed by atoms with Gasteiger partial charge in [0.05, 0.1) is 0 Å². The Bertz CT molecular complexity index is 1040. The zero-order valence-corrected chi connectivity index (χ0v) is 30.1. The molecule has 4 unspecified atom stereocenters. The van der Waals surface area contributed by atoms with Crippen molar-refractivity contribution in [1.29, 1.82) is 0 Å². The second-order valence-corrected chi connectivity index (χ2v) is 13.1. The monoisotopic (exact) mass is 686 g/mol. The number of carbonyl (C=O) groups is 8. The van der Waals surface area contributed by atoms with Crippen LogP contribution in [0.4, 0.5) is 0 Å². The number of rotatable bonds is 21. The first-order valence-electron chi connectivity index (χ1n) is 16.4. The summed E-state index contributed by atoms with van der Waals surface area (Å²) >= 11 is 0. The highest BCUT2D eigenvalue weighted by atomic mass is 16.6. The summed E-state index contributed by atoms with van der Waals surface area (Å²) in [5.41, 5.74) is -1.45. The minimum absolute atomic E-state index is 0.0420. The molecular weight excluding hydrogens is 632 g/mol. The van der Waals surface area contributed by atoms with E-state index in [9.17, 15) is 38.4 Å². The van der Waals surface area contributed by atoms with Gasteiger partial charge in [0, 0.05) is 10.8 Å². The first-order chi connectivity index (χ1) is 22.3. The second-order valence-electron chi connectivity index (χ2n) is 13.1. The number of ether oxygens (including phenoxy) is 6. The third-order valence-corrected chi connectivity index (χ3v) is 7.17. The Morgan fingerprint density at radius 2 is 0.521 bits per heavy atom. The molecule has 0 aliphatic heterocycles. The van der Waals surface area contributed by atoms with Gasteiger partial charge in [0.25, 0.3) is 0 Å². The Morgan fingerprint density at radius 1 is 0.354 bits per heavy atom. The second kappa shape index (κ2) is 21.2. The molecule has 0 aliphatic rings. The molecule has 0 aromatic carbocycles. The number of ketones is 2. The van der Waals surface area contributed by atoms with E-state index in [1.54, 1.807) is 69.2 Å². The van der Waals surface area contributed by atoms with E-state index in [0.717, 1.165) is 0 Å². The molecule has 0 aromatic rings. The van der Waals surface area contributed by atoms with Crippen molar-refractivity contribution < 1.29 is 66.8 Å². The maximum Gasteiger partial charge on any atom is 0.320 e. The molecule has 0 aromatic heterocycles. The van der Waals surface area contributed by atoms with Crippen LogP contribution in [0.5, 0.6) is 0 Å². The van der Waals surface area contributed by atoms with E-state index in [1.807, 2.05) is 0 Å². The lowest BCUT2D eigenvalue weighted by molar-refractivity contribution is -0.170. The van der Waals surface area contributed by atoms with Crippen LogP contribution in [-0.2, 0) is 66.8 Å². The van der Waals surface area contributed by atoms with Crippen molar-refractivity contribution in [3.63, 3.8) is 0 Å². The molecular formula is C34H54O14. The van der Waals surface area contributed by atoms with E-state index in [4.69, 9.17) is 28.4 Å². The SMILES string of the molecule is CCC(C(=O)OCCOC(=O)C(CC)C(=O)OCCOC(=O)C(CC)C(=O)C(C)(C)C)C(=O)OCCOC(=O)C(CC)C(=O)C(C)(C)C. The van der Waals surface area contributed by atoms with Gasteiger partial charge < -0.3 is 28.4 Å². The van der Waals surface area contributed by atoms with Gasteiger partial charge in [-0.2, -0.15) is 0 Å². The smallest absolute Gasteiger partial charge is 0.320 e. The van der Waals surface area contributed by atoms with Crippen LogP contribution in [0.2, 0.25) is 0 Å². The van der Waals surface area contributed by atoms with Gasteiger partial charge in [-0.3, -0.25) is 38.4 Å². The van der Waals surface area contributed by atoms with E-state index >= 15 is 0 Å². The first-order valence-corrected chi connectivity index (χ1v) is 16.4. The normalized spacial score (nSPS) is 14.0. The molecule has 0 spiro atoms. The summed E-state index contributed by atoms with van der Waals surface area (Å²) in [5.74, 6) is -10.0. The average Bonchev–Trinajstić information content (AvgIpc) is 3.00. The molecule has 4 atom stereocenters. The number of Topliss-reactive ketones (excluding diaryl/α,β-unsaturated/α-hetero) is 2. The zero-order chi connectivity index (χ0) is 37.2. The molecule has 0 heterocycles. The van der Waals surface area contributed by atoms with Gasteiger partial charge in [0.1, 0.15) is 51.5 Å². The van der Waals surface area contributed by atoms with Crippen molar-refractivity contribution in [2.45, 2.75) is 94.9 Å². The molecule has 0 saturated carbocycles. The predicted octanol–water partition coefficient (Wildman–Crippen LogP) is 3.58. The van der Waals surface area contributed by atoms with Crippen LogP contribution in [0.1, 0.15) is 94.9 Å². The Morgan fingerprint density at radius 3 is 0.667 bits per heavy atom. The minimum Gasteiger partial charge on any atom is -0.462 e. The largest absolute Gasteiger partial charge is 0.462 e. The summed E-state index contributed by atoms with van der Waals surface area (Å²) in [6, 6.07) is 0. The van der Waals surface area contributed by atoms with E-state index in [0.29, 0.717) is 0 Å². The fraction of sp³-hybridized carbons (Fsp3) is 0.765. The Labute approximate surface area is 283 Å². The molecule has 0 radical (unpaired) electrons. The van der Waals surface area contributed by atoms with Gasteiger partial charge in [0.15, 0.2) is 23.4 Å². The van der Waals surface area contributed by atoms with Crippen molar-refractivity contribution in [1.82, 2.24) is 0 Å². The summed E-state index contributed by atoms with van der Waals surface area (Å²) in [5, 5.41) is 0. The maximum atomic E-state index is 12.4. The number of carbonyl (C=O) groups excluding carboxylic acids is 8. The third-order valence-electron chi connectivity index (χ3n) is 7.17. The fourth-order valence-electron chi connectivity index (χ4n) is 4.28. The molecule has 0 bridgehead atoms.